The first-order chi connectivity index (χ1) is 11.2. The summed E-state index contributed by atoms with van der Waals surface area (Å²) in [5.74, 6) is -0.271. The first-order valence-electron chi connectivity index (χ1n) is 8.30. The van der Waals surface area contributed by atoms with Gasteiger partial charge in [-0.25, -0.2) is 0 Å². The number of benzene rings is 1. The van der Waals surface area contributed by atoms with Crippen LogP contribution in [0.5, 0.6) is 0 Å². The second-order valence-corrected chi connectivity index (χ2v) is 5.88. The Morgan fingerprint density at radius 2 is 1.83 bits per heavy atom. The summed E-state index contributed by atoms with van der Waals surface area (Å²) < 4.78 is 0. The summed E-state index contributed by atoms with van der Waals surface area (Å²) in [6, 6.07) is 8.33. The number of carbonyl (C=O) groups is 3. The summed E-state index contributed by atoms with van der Waals surface area (Å²) >= 11 is 0. The van der Waals surface area contributed by atoms with E-state index in [1.54, 1.807) is 24.3 Å². The molecule has 0 unspecified atom stereocenters. The molecule has 1 heterocycles. The molecule has 0 bridgehead atoms. The molecule has 0 aromatic heterocycles. The second-order valence-electron chi connectivity index (χ2n) is 5.88. The number of rotatable bonds is 7. The third-order valence-corrected chi connectivity index (χ3v) is 4.12. The highest BCUT2D eigenvalue weighted by Crippen LogP contribution is 2.13. The number of unbranched alkanes of at least 4 members (excludes halogenated alkanes) is 1. The average Bonchev–Trinajstić information content (AvgIpc) is 2.62. The van der Waals surface area contributed by atoms with E-state index in [4.69, 9.17) is 0 Å². The van der Waals surface area contributed by atoms with Gasteiger partial charge in [-0.05, 0) is 44.2 Å². The number of hydrogen-bond acceptors (Lipinski definition) is 3. The fraction of sp³-hybridized carbons (Fsp3) is 0.500. The Bertz CT molecular complexity index is 524. The fourth-order valence-corrected chi connectivity index (χ4v) is 2.83. The van der Waals surface area contributed by atoms with Gasteiger partial charge in [-0.15, -0.1) is 0 Å². The van der Waals surface area contributed by atoms with Crippen LogP contribution in [0.2, 0.25) is 0 Å². The van der Waals surface area contributed by atoms with E-state index >= 15 is 0 Å². The quantitative estimate of drug-likeness (QED) is 0.619. The maximum atomic E-state index is 12.7. The summed E-state index contributed by atoms with van der Waals surface area (Å²) in [6.07, 6.45) is 5.52. The van der Waals surface area contributed by atoms with E-state index in [2.05, 4.69) is 5.32 Å². The van der Waals surface area contributed by atoms with Crippen LogP contribution >= 0.6 is 0 Å². The predicted octanol–water partition coefficient (Wildman–Crippen LogP) is 2.17. The summed E-state index contributed by atoms with van der Waals surface area (Å²) in [5, 5.41) is 2.84. The van der Waals surface area contributed by atoms with Gasteiger partial charge in [-0.3, -0.25) is 9.59 Å². The van der Waals surface area contributed by atoms with E-state index in [1.807, 2.05) is 11.0 Å². The molecule has 1 saturated heterocycles. The average molecular weight is 316 g/mol. The van der Waals surface area contributed by atoms with Crippen LogP contribution in [0.4, 0.5) is 0 Å². The van der Waals surface area contributed by atoms with E-state index in [1.165, 1.54) is 0 Å². The number of likely N-dealkylation sites (tertiary alicyclic amines) is 1. The number of aldehydes is 1. The van der Waals surface area contributed by atoms with Crippen molar-refractivity contribution in [3.63, 3.8) is 0 Å². The Hall–Kier alpha value is -2.17. The molecule has 1 N–H and O–H groups in total. The van der Waals surface area contributed by atoms with Crippen LogP contribution in [0.15, 0.2) is 30.3 Å². The molecule has 23 heavy (non-hydrogen) atoms. The Morgan fingerprint density at radius 1 is 1.13 bits per heavy atom. The normalized spacial score (nSPS) is 15.7. The van der Waals surface area contributed by atoms with Gasteiger partial charge in [0.2, 0.25) is 5.91 Å². The van der Waals surface area contributed by atoms with E-state index in [0.29, 0.717) is 24.8 Å². The van der Waals surface area contributed by atoms with Gasteiger partial charge < -0.3 is 15.0 Å². The highest BCUT2D eigenvalue weighted by Gasteiger charge is 2.26. The van der Waals surface area contributed by atoms with Crippen molar-refractivity contribution in [2.45, 2.75) is 44.6 Å². The standard InChI is InChI=1S/C18H24N2O3/c21-14-8-5-11-16(18(23)20-12-6-2-7-13-20)19-17(22)15-9-3-1-4-10-15/h1,3-4,9-10,14,16H,2,5-8,11-13H2,(H,19,22)/t16-/m0/s1. The van der Waals surface area contributed by atoms with Crippen molar-refractivity contribution in [2.75, 3.05) is 13.1 Å². The predicted molar refractivity (Wildman–Crippen MR) is 88.0 cm³/mol. The van der Waals surface area contributed by atoms with Gasteiger partial charge in [0.05, 0.1) is 0 Å². The molecule has 0 radical (unpaired) electrons. The van der Waals surface area contributed by atoms with Crippen LogP contribution in [0, 0.1) is 0 Å². The molecule has 1 fully saturated rings. The first-order valence-corrected chi connectivity index (χ1v) is 8.30. The minimum Gasteiger partial charge on any atom is -0.341 e. The number of carbonyl (C=O) groups excluding carboxylic acids is 3. The third kappa shape index (κ3) is 5.20. The van der Waals surface area contributed by atoms with Crippen LogP contribution in [-0.2, 0) is 9.59 Å². The molecule has 1 aliphatic rings. The van der Waals surface area contributed by atoms with Crippen LogP contribution in [0.1, 0.15) is 48.9 Å². The fourth-order valence-electron chi connectivity index (χ4n) is 2.83. The number of hydrogen-bond donors (Lipinski definition) is 1. The van der Waals surface area contributed by atoms with Gasteiger partial charge in [-0.1, -0.05) is 18.2 Å². The Labute approximate surface area is 137 Å². The molecule has 5 heteroatoms. The summed E-state index contributed by atoms with van der Waals surface area (Å²) in [4.78, 5) is 37.4. The van der Waals surface area contributed by atoms with Gasteiger partial charge in [0.25, 0.3) is 5.91 Å². The van der Waals surface area contributed by atoms with E-state index in [-0.39, 0.29) is 11.8 Å². The molecule has 1 atom stereocenters. The molecular weight excluding hydrogens is 292 g/mol. The summed E-state index contributed by atoms with van der Waals surface area (Å²) in [5.41, 5.74) is 0.541. The zero-order valence-electron chi connectivity index (χ0n) is 13.4. The van der Waals surface area contributed by atoms with Crippen LogP contribution in [0.3, 0.4) is 0 Å². The topological polar surface area (TPSA) is 66.5 Å². The SMILES string of the molecule is O=CCCC[C@H](NC(=O)c1ccccc1)C(=O)N1CCCCC1. The Kier molecular flexibility index (Phi) is 6.78. The van der Waals surface area contributed by atoms with E-state index < -0.39 is 6.04 Å². The van der Waals surface area contributed by atoms with Crippen molar-refractivity contribution >= 4 is 18.1 Å². The maximum Gasteiger partial charge on any atom is 0.251 e. The van der Waals surface area contributed by atoms with Crippen molar-refractivity contribution in [1.82, 2.24) is 10.2 Å². The Morgan fingerprint density at radius 3 is 2.48 bits per heavy atom. The third-order valence-electron chi connectivity index (χ3n) is 4.12. The van der Waals surface area contributed by atoms with Gasteiger partial charge in [0.15, 0.2) is 0 Å². The van der Waals surface area contributed by atoms with Crippen LogP contribution in [-0.4, -0.2) is 42.1 Å². The minimum absolute atomic E-state index is 0.0279. The summed E-state index contributed by atoms with van der Waals surface area (Å²) in [7, 11) is 0. The number of piperidine rings is 1. The zero-order chi connectivity index (χ0) is 16.5. The van der Waals surface area contributed by atoms with Gasteiger partial charge in [0, 0.05) is 25.1 Å². The smallest absolute Gasteiger partial charge is 0.251 e. The number of amides is 2. The molecule has 1 aromatic carbocycles. The molecule has 2 amide bonds. The van der Waals surface area contributed by atoms with E-state index in [0.717, 1.165) is 38.6 Å². The summed E-state index contributed by atoms with van der Waals surface area (Å²) in [6.45, 7) is 1.51. The van der Waals surface area contributed by atoms with Crippen LogP contribution in [0.25, 0.3) is 0 Å². The monoisotopic (exact) mass is 316 g/mol. The zero-order valence-corrected chi connectivity index (χ0v) is 13.4. The lowest BCUT2D eigenvalue weighted by Gasteiger charge is -2.30. The highest BCUT2D eigenvalue weighted by molar-refractivity contribution is 5.97. The molecule has 0 spiro atoms. The van der Waals surface area contributed by atoms with Crippen molar-refractivity contribution in [3.8, 4) is 0 Å². The van der Waals surface area contributed by atoms with Crippen molar-refractivity contribution in [1.29, 1.82) is 0 Å². The lowest BCUT2D eigenvalue weighted by atomic mass is 10.0. The maximum absolute atomic E-state index is 12.7. The van der Waals surface area contributed by atoms with Crippen LogP contribution < -0.4 is 5.32 Å². The highest BCUT2D eigenvalue weighted by atomic mass is 16.2. The Balaban J connectivity index is 2.01. The molecule has 1 aliphatic heterocycles. The lowest BCUT2D eigenvalue weighted by molar-refractivity contribution is -0.134. The second kappa shape index (κ2) is 9.08. The molecule has 5 nitrogen and oxygen atoms in total. The molecule has 0 saturated carbocycles. The lowest BCUT2D eigenvalue weighted by Crippen LogP contribution is -2.50. The molecular formula is C18H24N2O3. The number of nitrogens with zero attached hydrogens (tertiary/aromatic N) is 1. The largest absolute Gasteiger partial charge is 0.341 e. The van der Waals surface area contributed by atoms with E-state index in [9.17, 15) is 14.4 Å². The minimum atomic E-state index is -0.555. The van der Waals surface area contributed by atoms with Crippen molar-refractivity contribution in [2.24, 2.45) is 0 Å². The van der Waals surface area contributed by atoms with Gasteiger partial charge in [0.1, 0.15) is 12.3 Å². The molecule has 124 valence electrons. The molecule has 0 aliphatic carbocycles. The molecule has 2 rings (SSSR count). The van der Waals surface area contributed by atoms with Gasteiger partial charge >= 0.3 is 0 Å². The molecule has 1 aromatic rings. The van der Waals surface area contributed by atoms with Crippen molar-refractivity contribution in [3.05, 3.63) is 35.9 Å². The van der Waals surface area contributed by atoms with Crippen molar-refractivity contribution < 1.29 is 14.4 Å². The first kappa shape index (κ1) is 17.2. The van der Waals surface area contributed by atoms with Gasteiger partial charge in [-0.2, -0.15) is 0 Å². The number of nitrogens with one attached hydrogen (secondary N) is 1.